The van der Waals surface area contributed by atoms with Crippen LogP contribution in [0.4, 0.5) is 0 Å². The minimum Gasteiger partial charge on any atom is -0.496 e. The molecule has 1 amide bonds. The normalized spacial score (nSPS) is 17.7. The van der Waals surface area contributed by atoms with Gasteiger partial charge in [0.2, 0.25) is 5.91 Å². The molecular weight excluding hydrogens is 242 g/mol. The van der Waals surface area contributed by atoms with E-state index in [0.717, 1.165) is 29.7 Å². The predicted octanol–water partition coefficient (Wildman–Crippen LogP) is 1.53. The third-order valence-electron chi connectivity index (χ3n) is 3.80. The summed E-state index contributed by atoms with van der Waals surface area (Å²) in [6.07, 6.45) is 1.70. The van der Waals surface area contributed by atoms with E-state index in [-0.39, 0.29) is 18.6 Å². The molecule has 1 aliphatic carbocycles. The van der Waals surface area contributed by atoms with Crippen molar-refractivity contribution >= 4 is 5.91 Å². The number of rotatable bonds is 5. The number of carbonyl (C=O) groups is 1. The summed E-state index contributed by atoms with van der Waals surface area (Å²) in [7, 11) is 1.64. The van der Waals surface area contributed by atoms with Gasteiger partial charge in [0.15, 0.2) is 0 Å². The zero-order valence-electron chi connectivity index (χ0n) is 11.7. The van der Waals surface area contributed by atoms with Gasteiger partial charge in [-0.1, -0.05) is 12.1 Å². The molecule has 1 fully saturated rings. The summed E-state index contributed by atoms with van der Waals surface area (Å²) in [5, 5.41) is 11.9. The van der Waals surface area contributed by atoms with Gasteiger partial charge in [0.1, 0.15) is 5.75 Å². The largest absolute Gasteiger partial charge is 0.496 e. The Balaban J connectivity index is 2.23. The van der Waals surface area contributed by atoms with Gasteiger partial charge in [0, 0.05) is 6.04 Å². The van der Waals surface area contributed by atoms with E-state index in [2.05, 4.69) is 5.32 Å². The highest BCUT2D eigenvalue weighted by atomic mass is 16.5. The van der Waals surface area contributed by atoms with Gasteiger partial charge >= 0.3 is 0 Å². The first-order chi connectivity index (χ1) is 9.03. The Morgan fingerprint density at radius 2 is 2.21 bits per heavy atom. The summed E-state index contributed by atoms with van der Waals surface area (Å²) in [4.78, 5) is 12.3. The van der Waals surface area contributed by atoms with E-state index >= 15 is 0 Å². The Morgan fingerprint density at radius 1 is 1.53 bits per heavy atom. The van der Waals surface area contributed by atoms with Crippen LogP contribution in [0.5, 0.6) is 5.75 Å². The molecule has 1 aromatic rings. The quantitative estimate of drug-likeness (QED) is 0.847. The van der Waals surface area contributed by atoms with Crippen LogP contribution in [0.3, 0.4) is 0 Å². The van der Waals surface area contributed by atoms with Crippen LogP contribution in [-0.4, -0.2) is 30.8 Å². The fourth-order valence-electron chi connectivity index (χ4n) is 2.30. The van der Waals surface area contributed by atoms with Crippen molar-refractivity contribution in [1.29, 1.82) is 0 Å². The second kappa shape index (κ2) is 5.21. The summed E-state index contributed by atoms with van der Waals surface area (Å²) in [6, 6.07) is 5.72. The maximum absolute atomic E-state index is 12.3. The maximum Gasteiger partial charge on any atom is 0.230 e. The van der Waals surface area contributed by atoms with Crippen molar-refractivity contribution in [3.8, 4) is 5.75 Å². The zero-order chi connectivity index (χ0) is 14.0. The number of hydrogen-bond acceptors (Lipinski definition) is 3. The maximum atomic E-state index is 12.3. The van der Waals surface area contributed by atoms with Crippen LogP contribution in [0.1, 0.15) is 30.9 Å². The first kappa shape index (κ1) is 13.9. The molecule has 0 radical (unpaired) electrons. The molecule has 0 heterocycles. The molecule has 104 valence electrons. The molecule has 0 aromatic heterocycles. The lowest BCUT2D eigenvalue weighted by Crippen LogP contribution is -2.41. The Labute approximate surface area is 113 Å². The summed E-state index contributed by atoms with van der Waals surface area (Å²) >= 11 is 0. The lowest BCUT2D eigenvalue weighted by Gasteiger charge is -2.19. The van der Waals surface area contributed by atoms with Crippen molar-refractivity contribution < 1.29 is 14.6 Å². The Kier molecular flexibility index (Phi) is 3.80. The summed E-state index contributed by atoms with van der Waals surface area (Å²) in [6.45, 7) is 3.73. The molecule has 1 aliphatic rings. The average molecular weight is 263 g/mol. The van der Waals surface area contributed by atoms with Gasteiger partial charge in [-0.15, -0.1) is 0 Å². The van der Waals surface area contributed by atoms with Crippen molar-refractivity contribution in [2.75, 3.05) is 13.7 Å². The van der Waals surface area contributed by atoms with E-state index in [1.807, 2.05) is 25.1 Å². The van der Waals surface area contributed by atoms with Gasteiger partial charge in [-0.2, -0.15) is 0 Å². The summed E-state index contributed by atoms with van der Waals surface area (Å²) < 4.78 is 5.32. The SMILES string of the molecule is COc1cc(C2(C(=O)NC(C)CO)CC2)ccc1C. The number of methoxy groups -OCH3 is 1. The number of aliphatic hydroxyl groups is 1. The van der Waals surface area contributed by atoms with Gasteiger partial charge in [0.25, 0.3) is 0 Å². The van der Waals surface area contributed by atoms with Gasteiger partial charge in [0.05, 0.1) is 19.1 Å². The second-order valence-corrected chi connectivity index (χ2v) is 5.32. The minimum absolute atomic E-state index is 0.0000406. The monoisotopic (exact) mass is 263 g/mol. The number of benzene rings is 1. The number of aryl methyl sites for hydroxylation is 1. The zero-order valence-corrected chi connectivity index (χ0v) is 11.7. The number of carbonyl (C=O) groups excluding carboxylic acids is 1. The van der Waals surface area contributed by atoms with Gasteiger partial charge in [-0.05, 0) is 43.9 Å². The lowest BCUT2D eigenvalue weighted by atomic mass is 9.93. The standard InChI is InChI=1S/C15H21NO3/c1-10-4-5-12(8-13(10)19-3)15(6-7-15)14(18)16-11(2)9-17/h4-5,8,11,17H,6-7,9H2,1-3H3,(H,16,18). The highest BCUT2D eigenvalue weighted by Gasteiger charge is 2.51. The average Bonchev–Trinajstić information content (AvgIpc) is 3.20. The molecule has 2 rings (SSSR count). The number of amides is 1. The molecule has 1 saturated carbocycles. The first-order valence-corrected chi connectivity index (χ1v) is 6.60. The highest BCUT2D eigenvalue weighted by molar-refractivity contribution is 5.91. The molecule has 0 spiro atoms. The summed E-state index contributed by atoms with van der Waals surface area (Å²) in [5.74, 6) is 0.812. The molecule has 4 nitrogen and oxygen atoms in total. The third kappa shape index (κ3) is 2.59. The molecule has 1 atom stereocenters. The Morgan fingerprint density at radius 3 is 2.74 bits per heavy atom. The molecular formula is C15H21NO3. The lowest BCUT2D eigenvalue weighted by molar-refractivity contribution is -0.124. The highest BCUT2D eigenvalue weighted by Crippen LogP contribution is 2.49. The number of hydrogen-bond donors (Lipinski definition) is 2. The molecule has 4 heteroatoms. The van der Waals surface area contributed by atoms with E-state index in [4.69, 9.17) is 9.84 Å². The fourth-order valence-corrected chi connectivity index (χ4v) is 2.30. The van der Waals surface area contributed by atoms with Crippen LogP contribution < -0.4 is 10.1 Å². The van der Waals surface area contributed by atoms with E-state index < -0.39 is 5.41 Å². The molecule has 0 bridgehead atoms. The fraction of sp³-hybridized carbons (Fsp3) is 0.533. The molecule has 1 aromatic carbocycles. The number of ether oxygens (including phenoxy) is 1. The van der Waals surface area contributed by atoms with Crippen LogP contribution in [0.25, 0.3) is 0 Å². The van der Waals surface area contributed by atoms with Crippen LogP contribution in [0.15, 0.2) is 18.2 Å². The second-order valence-electron chi connectivity index (χ2n) is 5.32. The number of aliphatic hydroxyl groups excluding tert-OH is 1. The third-order valence-corrected chi connectivity index (χ3v) is 3.80. The van der Waals surface area contributed by atoms with E-state index in [0.29, 0.717) is 0 Å². The van der Waals surface area contributed by atoms with Crippen molar-refractivity contribution in [2.45, 2.75) is 38.1 Å². The van der Waals surface area contributed by atoms with Crippen LogP contribution in [0, 0.1) is 6.92 Å². The van der Waals surface area contributed by atoms with Gasteiger partial charge in [-0.3, -0.25) is 4.79 Å². The molecule has 19 heavy (non-hydrogen) atoms. The Hall–Kier alpha value is -1.55. The van der Waals surface area contributed by atoms with Gasteiger partial charge < -0.3 is 15.2 Å². The van der Waals surface area contributed by atoms with Crippen LogP contribution in [-0.2, 0) is 10.2 Å². The van der Waals surface area contributed by atoms with Crippen LogP contribution >= 0.6 is 0 Å². The van der Waals surface area contributed by atoms with Crippen molar-refractivity contribution in [2.24, 2.45) is 0 Å². The van der Waals surface area contributed by atoms with E-state index in [9.17, 15) is 4.79 Å². The number of nitrogens with one attached hydrogen (secondary N) is 1. The van der Waals surface area contributed by atoms with Crippen LogP contribution in [0.2, 0.25) is 0 Å². The first-order valence-electron chi connectivity index (χ1n) is 6.60. The molecule has 0 aliphatic heterocycles. The molecule has 1 unspecified atom stereocenters. The summed E-state index contributed by atoms with van der Waals surface area (Å²) in [5.41, 5.74) is 1.63. The van der Waals surface area contributed by atoms with Gasteiger partial charge in [-0.25, -0.2) is 0 Å². The molecule has 2 N–H and O–H groups in total. The van der Waals surface area contributed by atoms with Crippen molar-refractivity contribution in [3.05, 3.63) is 29.3 Å². The minimum atomic E-state index is -0.426. The van der Waals surface area contributed by atoms with Crippen molar-refractivity contribution in [3.63, 3.8) is 0 Å². The smallest absolute Gasteiger partial charge is 0.230 e. The van der Waals surface area contributed by atoms with Crippen molar-refractivity contribution in [1.82, 2.24) is 5.32 Å². The molecule has 0 saturated heterocycles. The topological polar surface area (TPSA) is 58.6 Å². The Bertz CT molecular complexity index is 480. The van der Waals surface area contributed by atoms with E-state index in [1.54, 1.807) is 14.0 Å². The predicted molar refractivity (Wildman–Crippen MR) is 73.3 cm³/mol. The van der Waals surface area contributed by atoms with E-state index in [1.165, 1.54) is 0 Å².